The minimum atomic E-state index is -3.36. The molecule has 0 aliphatic carbocycles. The molecule has 0 spiro atoms. The summed E-state index contributed by atoms with van der Waals surface area (Å²) < 4.78 is 26.8. The summed E-state index contributed by atoms with van der Waals surface area (Å²) in [5, 5.41) is 0. The molecule has 0 aromatic heterocycles. The Balaban J connectivity index is 2.19. The Morgan fingerprint density at radius 1 is 1.20 bits per heavy atom. The molecule has 1 heterocycles. The maximum Gasteiger partial charge on any atom is 0.243 e. The summed E-state index contributed by atoms with van der Waals surface area (Å²) in [4.78, 5) is 0.367. The lowest BCUT2D eigenvalue weighted by Gasteiger charge is -2.18. The number of nitrogens with two attached hydrogens (primary N) is 1. The van der Waals surface area contributed by atoms with E-state index in [0.29, 0.717) is 29.8 Å². The predicted octanol–water partition coefficient (Wildman–Crippen LogP) is 2.37. The average molecular weight is 296 g/mol. The van der Waals surface area contributed by atoms with Crippen molar-refractivity contribution in [1.82, 2.24) is 4.31 Å². The fraction of sp³-hybridized carbons (Fsp3) is 0.600. The van der Waals surface area contributed by atoms with Crippen molar-refractivity contribution in [2.45, 2.75) is 38.1 Å². The third kappa shape index (κ3) is 3.05. The van der Waals surface area contributed by atoms with Gasteiger partial charge in [-0.3, -0.25) is 0 Å². The van der Waals surface area contributed by atoms with Crippen LogP contribution in [0.5, 0.6) is 0 Å². The van der Waals surface area contributed by atoms with Crippen LogP contribution in [-0.2, 0) is 10.0 Å². The minimum Gasteiger partial charge on any atom is -0.324 e. The van der Waals surface area contributed by atoms with Crippen molar-refractivity contribution >= 4 is 10.0 Å². The molecule has 1 aliphatic heterocycles. The molecule has 1 aromatic carbocycles. The van der Waals surface area contributed by atoms with E-state index in [1.165, 1.54) is 0 Å². The van der Waals surface area contributed by atoms with Crippen LogP contribution < -0.4 is 5.73 Å². The first-order valence-electron chi connectivity index (χ1n) is 7.18. The van der Waals surface area contributed by atoms with Gasteiger partial charge < -0.3 is 5.73 Å². The van der Waals surface area contributed by atoms with E-state index in [1.54, 1.807) is 28.6 Å². The molecule has 2 atom stereocenters. The summed E-state index contributed by atoms with van der Waals surface area (Å²) in [7, 11) is -3.36. The number of rotatable bonds is 4. The Morgan fingerprint density at radius 3 is 2.25 bits per heavy atom. The largest absolute Gasteiger partial charge is 0.324 e. The summed E-state index contributed by atoms with van der Waals surface area (Å²) in [5.74, 6) is 0.990. The molecule has 112 valence electrons. The molecule has 0 amide bonds. The second kappa shape index (κ2) is 5.84. The van der Waals surface area contributed by atoms with E-state index in [0.717, 1.165) is 12.0 Å². The van der Waals surface area contributed by atoms with Crippen LogP contribution in [-0.4, -0.2) is 25.8 Å². The topological polar surface area (TPSA) is 63.4 Å². The Morgan fingerprint density at radius 2 is 1.80 bits per heavy atom. The molecule has 1 aliphatic rings. The number of nitrogens with zero attached hydrogens (tertiary/aromatic N) is 1. The molecule has 2 rings (SSSR count). The summed E-state index contributed by atoms with van der Waals surface area (Å²) >= 11 is 0. The molecule has 0 radical (unpaired) electrons. The SMILES string of the molecule is CC(N)c1ccc(S(=O)(=O)N2CCC(C(C)C)C2)cc1. The van der Waals surface area contributed by atoms with Crippen LogP contribution in [0.1, 0.15) is 38.8 Å². The third-order valence-electron chi connectivity index (χ3n) is 4.17. The fourth-order valence-corrected chi connectivity index (χ4v) is 4.12. The van der Waals surface area contributed by atoms with Crippen LogP contribution >= 0.6 is 0 Å². The molecular formula is C15H24N2O2S. The lowest BCUT2D eigenvalue weighted by Crippen LogP contribution is -2.29. The molecule has 5 heteroatoms. The van der Waals surface area contributed by atoms with Gasteiger partial charge in [0.1, 0.15) is 0 Å². The average Bonchev–Trinajstić information content (AvgIpc) is 2.89. The van der Waals surface area contributed by atoms with Crippen LogP contribution in [0.15, 0.2) is 29.2 Å². The maximum absolute atomic E-state index is 12.6. The standard InChI is InChI=1S/C15H24N2O2S/c1-11(2)14-8-9-17(10-14)20(18,19)15-6-4-13(5-7-15)12(3)16/h4-7,11-12,14H,8-10,16H2,1-3H3. The molecule has 0 bridgehead atoms. The summed E-state index contributed by atoms with van der Waals surface area (Å²) in [6.45, 7) is 7.45. The molecule has 1 fully saturated rings. The zero-order chi connectivity index (χ0) is 14.9. The molecule has 20 heavy (non-hydrogen) atoms. The second-order valence-corrected chi connectivity index (χ2v) is 7.95. The Kier molecular flexibility index (Phi) is 4.52. The van der Waals surface area contributed by atoms with Crippen molar-refractivity contribution in [2.75, 3.05) is 13.1 Å². The first-order chi connectivity index (χ1) is 9.32. The maximum atomic E-state index is 12.6. The number of hydrogen-bond donors (Lipinski definition) is 1. The van der Waals surface area contributed by atoms with E-state index in [1.807, 2.05) is 6.92 Å². The molecular weight excluding hydrogens is 272 g/mol. The van der Waals surface area contributed by atoms with Gasteiger partial charge in [0.05, 0.1) is 4.90 Å². The lowest BCUT2D eigenvalue weighted by atomic mass is 9.96. The fourth-order valence-electron chi connectivity index (χ4n) is 2.61. The minimum absolute atomic E-state index is 0.0798. The monoisotopic (exact) mass is 296 g/mol. The number of benzene rings is 1. The number of sulfonamides is 1. The van der Waals surface area contributed by atoms with Crippen LogP contribution in [0.2, 0.25) is 0 Å². The van der Waals surface area contributed by atoms with Gasteiger partial charge in [0.15, 0.2) is 0 Å². The smallest absolute Gasteiger partial charge is 0.243 e. The lowest BCUT2D eigenvalue weighted by molar-refractivity contribution is 0.388. The van der Waals surface area contributed by atoms with Crippen LogP contribution in [0.4, 0.5) is 0 Å². The zero-order valence-electron chi connectivity index (χ0n) is 12.4. The first-order valence-corrected chi connectivity index (χ1v) is 8.62. The van der Waals surface area contributed by atoms with Gasteiger partial charge in [-0.2, -0.15) is 4.31 Å². The quantitative estimate of drug-likeness (QED) is 0.928. The van der Waals surface area contributed by atoms with Gasteiger partial charge in [0.25, 0.3) is 0 Å². The van der Waals surface area contributed by atoms with Gasteiger partial charge >= 0.3 is 0 Å². The van der Waals surface area contributed by atoms with Gasteiger partial charge in [0.2, 0.25) is 10.0 Å². The van der Waals surface area contributed by atoms with E-state index >= 15 is 0 Å². The summed E-state index contributed by atoms with van der Waals surface area (Å²) in [5.41, 5.74) is 6.74. The third-order valence-corrected chi connectivity index (χ3v) is 6.05. The van der Waals surface area contributed by atoms with Crippen LogP contribution in [0.25, 0.3) is 0 Å². The zero-order valence-corrected chi connectivity index (χ0v) is 13.2. The first kappa shape index (κ1) is 15.5. The predicted molar refractivity (Wildman–Crippen MR) is 80.7 cm³/mol. The van der Waals surface area contributed by atoms with Crippen molar-refractivity contribution in [3.8, 4) is 0 Å². The Labute approximate surface area is 122 Å². The van der Waals surface area contributed by atoms with Crippen molar-refractivity contribution in [1.29, 1.82) is 0 Å². The molecule has 0 saturated carbocycles. The molecule has 2 N–H and O–H groups in total. The highest BCUT2D eigenvalue weighted by molar-refractivity contribution is 7.89. The van der Waals surface area contributed by atoms with Crippen molar-refractivity contribution < 1.29 is 8.42 Å². The van der Waals surface area contributed by atoms with E-state index < -0.39 is 10.0 Å². The van der Waals surface area contributed by atoms with Crippen molar-refractivity contribution in [2.24, 2.45) is 17.6 Å². The van der Waals surface area contributed by atoms with Crippen LogP contribution in [0.3, 0.4) is 0 Å². The van der Waals surface area contributed by atoms with Gasteiger partial charge in [-0.05, 0) is 42.9 Å². The van der Waals surface area contributed by atoms with E-state index in [2.05, 4.69) is 13.8 Å². The van der Waals surface area contributed by atoms with Gasteiger partial charge in [-0.15, -0.1) is 0 Å². The Bertz CT molecular complexity index is 550. The highest BCUT2D eigenvalue weighted by atomic mass is 32.2. The van der Waals surface area contributed by atoms with Gasteiger partial charge in [-0.1, -0.05) is 26.0 Å². The van der Waals surface area contributed by atoms with Crippen molar-refractivity contribution in [3.05, 3.63) is 29.8 Å². The van der Waals surface area contributed by atoms with Gasteiger partial charge in [0, 0.05) is 19.1 Å². The Hall–Kier alpha value is -0.910. The number of hydrogen-bond acceptors (Lipinski definition) is 3. The van der Waals surface area contributed by atoms with Crippen LogP contribution in [0, 0.1) is 11.8 Å². The summed E-state index contributed by atoms with van der Waals surface area (Å²) in [6.07, 6.45) is 0.953. The normalized spacial score (nSPS) is 22.4. The van der Waals surface area contributed by atoms with E-state index in [9.17, 15) is 8.42 Å². The van der Waals surface area contributed by atoms with Gasteiger partial charge in [-0.25, -0.2) is 8.42 Å². The molecule has 1 saturated heterocycles. The van der Waals surface area contributed by atoms with E-state index in [-0.39, 0.29) is 6.04 Å². The highest BCUT2D eigenvalue weighted by Crippen LogP contribution is 2.28. The molecule has 4 nitrogen and oxygen atoms in total. The molecule has 1 aromatic rings. The summed E-state index contributed by atoms with van der Waals surface area (Å²) in [6, 6.07) is 6.85. The second-order valence-electron chi connectivity index (χ2n) is 6.01. The highest BCUT2D eigenvalue weighted by Gasteiger charge is 2.33. The molecule has 2 unspecified atom stereocenters. The van der Waals surface area contributed by atoms with E-state index in [4.69, 9.17) is 5.73 Å². The van der Waals surface area contributed by atoms with Crippen molar-refractivity contribution in [3.63, 3.8) is 0 Å².